The SMILES string of the molecule is CC(=O)C1CCC2CCC(N)CN21.CC(=O)C1CSC2CCN(C)C(=O)N21.NC1=N[C@@H](CC(=O)O)C(=O)N2C[C@@H](N)CC12.NC1CCc2ccccc2N(CC(=O)O)C1=O. The molecule has 330 valence electrons. The smallest absolute Gasteiger partial charge is 0.323 e. The Hall–Kier alpha value is -4.63. The number of carboxylic acid groups (broad SMARTS) is 2. The fourth-order valence-corrected chi connectivity index (χ4v) is 10.4. The number of urea groups is 1. The van der Waals surface area contributed by atoms with Gasteiger partial charge in [0.25, 0.3) is 0 Å². The Morgan fingerprint density at radius 3 is 2.20 bits per heavy atom. The minimum atomic E-state index is -1.06. The summed E-state index contributed by atoms with van der Waals surface area (Å²) >= 11 is 1.73. The van der Waals surface area contributed by atoms with Gasteiger partial charge in [-0.2, -0.15) is 0 Å². The molecule has 0 aliphatic carbocycles. The number of hydrogen-bond donors (Lipinski definition) is 6. The van der Waals surface area contributed by atoms with Crippen LogP contribution in [-0.4, -0.2) is 170 Å². The zero-order valence-electron chi connectivity index (χ0n) is 34.6. The van der Waals surface area contributed by atoms with E-state index in [4.69, 9.17) is 33.1 Å². The minimum Gasteiger partial charge on any atom is -0.481 e. The van der Waals surface area contributed by atoms with Crippen LogP contribution in [-0.2, 0) is 35.2 Å². The molecule has 5 fully saturated rings. The fourth-order valence-electron chi connectivity index (χ4n) is 8.92. The number of amidine groups is 1. The number of carbonyl (C=O) groups excluding carboxylic acids is 5. The van der Waals surface area contributed by atoms with Crippen LogP contribution in [0.15, 0.2) is 29.3 Å². The molecule has 7 aliphatic heterocycles. The number of ketones is 2. The van der Waals surface area contributed by atoms with E-state index in [1.54, 1.807) is 59.5 Å². The lowest BCUT2D eigenvalue weighted by atomic mass is 10.00. The quantitative estimate of drug-likeness (QED) is 0.216. The number of Topliss-reactive ketones (excluding diaryl/α,β-unsaturated/α-hetero) is 2. The predicted molar refractivity (Wildman–Crippen MR) is 225 cm³/mol. The van der Waals surface area contributed by atoms with E-state index in [9.17, 15) is 33.6 Å². The van der Waals surface area contributed by atoms with E-state index in [0.29, 0.717) is 49.2 Å². The molecule has 4 amide bonds. The van der Waals surface area contributed by atoms with E-state index in [2.05, 4.69) is 9.89 Å². The highest BCUT2D eigenvalue weighted by Crippen LogP contribution is 2.35. The van der Waals surface area contributed by atoms with Gasteiger partial charge in [0.2, 0.25) is 11.8 Å². The summed E-state index contributed by atoms with van der Waals surface area (Å²) in [4.78, 5) is 92.2. The molecule has 0 spiro atoms. The molecule has 0 aromatic heterocycles. The van der Waals surface area contributed by atoms with Gasteiger partial charge < -0.3 is 47.8 Å². The van der Waals surface area contributed by atoms with Crippen molar-refractivity contribution in [2.75, 3.05) is 43.9 Å². The van der Waals surface area contributed by atoms with Crippen LogP contribution in [0.4, 0.5) is 10.5 Å². The highest BCUT2D eigenvalue weighted by Gasteiger charge is 2.45. The molecule has 10 N–H and O–H groups in total. The summed E-state index contributed by atoms with van der Waals surface area (Å²) in [6.07, 6.45) is 7.04. The van der Waals surface area contributed by atoms with E-state index >= 15 is 0 Å². The van der Waals surface area contributed by atoms with Gasteiger partial charge in [0.05, 0.1) is 29.9 Å². The number of para-hydroxylation sites is 1. The van der Waals surface area contributed by atoms with Crippen molar-refractivity contribution in [3.05, 3.63) is 29.8 Å². The Kier molecular flexibility index (Phi) is 15.7. The van der Waals surface area contributed by atoms with E-state index in [1.165, 1.54) is 17.7 Å². The highest BCUT2D eigenvalue weighted by molar-refractivity contribution is 8.00. The van der Waals surface area contributed by atoms with E-state index < -0.39 is 24.0 Å². The number of nitrogens with two attached hydrogens (primary N) is 4. The maximum absolute atomic E-state index is 12.0. The summed E-state index contributed by atoms with van der Waals surface area (Å²) in [6.45, 7) is 5.08. The number of thioether (sulfide) groups is 1. The minimum absolute atomic E-state index is 0.00597. The van der Waals surface area contributed by atoms with Crippen molar-refractivity contribution in [3.63, 3.8) is 0 Å². The van der Waals surface area contributed by atoms with Gasteiger partial charge in [-0.15, -0.1) is 11.8 Å². The number of aryl methyl sites for hydroxylation is 1. The van der Waals surface area contributed by atoms with Crippen molar-refractivity contribution in [3.8, 4) is 0 Å². The topological polar surface area (TPSA) is 293 Å². The van der Waals surface area contributed by atoms with Crippen molar-refractivity contribution in [2.24, 2.45) is 27.9 Å². The van der Waals surface area contributed by atoms with Gasteiger partial charge in [-0.3, -0.25) is 43.6 Å². The maximum Gasteiger partial charge on any atom is 0.323 e. The molecule has 5 saturated heterocycles. The van der Waals surface area contributed by atoms with Gasteiger partial charge in [-0.1, -0.05) is 18.2 Å². The molecule has 7 aliphatic rings. The summed E-state index contributed by atoms with van der Waals surface area (Å²) < 4.78 is 0. The van der Waals surface area contributed by atoms with E-state index in [1.807, 2.05) is 12.1 Å². The second-order valence-corrected chi connectivity index (χ2v) is 17.7. The first-order valence-corrected chi connectivity index (χ1v) is 21.6. The van der Waals surface area contributed by atoms with E-state index in [0.717, 1.165) is 43.7 Å². The number of anilines is 1. The molecule has 7 heterocycles. The second kappa shape index (κ2) is 20.3. The molecule has 8 rings (SSSR count). The first-order chi connectivity index (χ1) is 28.4. The molecular weight excluding hydrogens is 797 g/mol. The third-order valence-corrected chi connectivity index (χ3v) is 13.4. The number of carboxylic acids is 2. The molecule has 9 atom stereocenters. The van der Waals surface area contributed by atoms with Gasteiger partial charge in [0, 0.05) is 56.2 Å². The number of carbonyl (C=O) groups is 7. The van der Waals surface area contributed by atoms with Crippen molar-refractivity contribution >= 4 is 64.6 Å². The normalized spacial score (nSPS) is 30.7. The molecule has 7 unspecified atom stereocenters. The number of piperidine rings is 1. The summed E-state index contributed by atoms with van der Waals surface area (Å²) in [6, 6.07) is 6.38. The van der Waals surface area contributed by atoms with Gasteiger partial charge in [0.1, 0.15) is 30.2 Å². The van der Waals surface area contributed by atoms with Crippen molar-refractivity contribution in [1.29, 1.82) is 0 Å². The predicted octanol–water partition coefficient (Wildman–Crippen LogP) is -0.190. The number of rotatable bonds is 6. The Morgan fingerprint density at radius 2 is 1.53 bits per heavy atom. The number of benzene rings is 1. The standard InChI is InChI=1S/C12H14N2O3.C10H18N2O.C9H14N4O3.C9H14N2O2S/c13-9-6-5-8-3-1-2-4-10(8)14(12(9)17)7-11(15)16;1-7(13)10-5-4-9-3-2-8(11)6-12(9)10;10-4-1-6-8(11)12-5(2-7(14)15)9(16)13(6)3-4;1-6(12)7-5-14-8-3-4-10(2)9(13)11(7)8/h1-4,9H,5-7,13H2,(H,15,16);8-10H,2-6,11H2,1H3;4-6H,1-3,10H2,(H2,11,12)(H,14,15);7-8H,3-5H2,1-2H3/t;;4-,5-,6?;/m..0./s1. The molecule has 0 saturated carbocycles. The number of nitrogens with zero attached hydrogens (tertiary/aromatic N) is 6. The molecule has 0 bridgehead atoms. The molecule has 60 heavy (non-hydrogen) atoms. The summed E-state index contributed by atoms with van der Waals surface area (Å²) in [5, 5.41) is 17.7. The van der Waals surface area contributed by atoms with Crippen molar-refractivity contribution < 1.29 is 43.8 Å². The zero-order valence-corrected chi connectivity index (χ0v) is 35.4. The molecular formula is C40H60N10O9S. The number of aliphatic imine (C=N–C) groups is 1. The number of hydrogen-bond acceptors (Lipinski definition) is 14. The molecule has 1 aromatic rings. The van der Waals surface area contributed by atoms with Gasteiger partial charge in [-0.05, 0) is 76.8 Å². The molecule has 19 nitrogen and oxygen atoms in total. The Labute approximate surface area is 354 Å². The van der Waals surface area contributed by atoms with Crippen molar-refractivity contribution in [2.45, 2.75) is 125 Å². The lowest BCUT2D eigenvalue weighted by molar-refractivity contribution is -0.142. The zero-order chi connectivity index (χ0) is 44.0. The maximum atomic E-state index is 12.0. The summed E-state index contributed by atoms with van der Waals surface area (Å²) in [5.74, 6) is -1.20. The Balaban J connectivity index is 0.000000152. The lowest BCUT2D eigenvalue weighted by Gasteiger charge is -2.37. The number of amides is 4. The average molecular weight is 857 g/mol. The first-order valence-electron chi connectivity index (χ1n) is 20.5. The third-order valence-electron chi connectivity index (χ3n) is 12.0. The van der Waals surface area contributed by atoms with E-state index in [-0.39, 0.29) is 72.2 Å². The van der Waals surface area contributed by atoms with Crippen LogP contribution >= 0.6 is 11.8 Å². The number of fused-ring (bicyclic) bond motifs is 4. The third kappa shape index (κ3) is 11.0. The summed E-state index contributed by atoms with van der Waals surface area (Å²) in [5.41, 5.74) is 24.7. The molecule has 1 aromatic carbocycles. The molecule has 0 radical (unpaired) electrons. The largest absolute Gasteiger partial charge is 0.481 e. The lowest BCUT2D eigenvalue weighted by Crippen LogP contribution is -2.54. The molecule has 20 heteroatoms. The second-order valence-electron chi connectivity index (χ2n) is 16.5. The van der Waals surface area contributed by atoms with Gasteiger partial charge in [0.15, 0.2) is 5.78 Å². The van der Waals surface area contributed by atoms with Crippen LogP contribution < -0.4 is 27.8 Å². The summed E-state index contributed by atoms with van der Waals surface area (Å²) in [7, 11) is 1.79. The van der Waals surface area contributed by atoms with Gasteiger partial charge >= 0.3 is 18.0 Å². The van der Waals surface area contributed by atoms with Gasteiger partial charge in [-0.25, -0.2) is 4.79 Å². The van der Waals surface area contributed by atoms with Crippen LogP contribution in [0.1, 0.15) is 70.8 Å². The Morgan fingerprint density at radius 1 is 0.850 bits per heavy atom. The Bertz CT molecular complexity index is 1830. The monoisotopic (exact) mass is 856 g/mol. The highest BCUT2D eigenvalue weighted by atomic mass is 32.2. The van der Waals surface area contributed by atoms with Crippen LogP contribution in [0.2, 0.25) is 0 Å². The van der Waals surface area contributed by atoms with Crippen LogP contribution in [0.5, 0.6) is 0 Å². The van der Waals surface area contributed by atoms with Crippen LogP contribution in [0.3, 0.4) is 0 Å². The van der Waals surface area contributed by atoms with Crippen molar-refractivity contribution in [1.82, 2.24) is 19.6 Å². The average Bonchev–Trinajstić information content (AvgIpc) is 3.92. The van der Waals surface area contributed by atoms with Crippen LogP contribution in [0, 0.1) is 0 Å². The van der Waals surface area contributed by atoms with Crippen LogP contribution in [0.25, 0.3) is 0 Å². The first kappa shape index (κ1) is 46.4. The fraction of sp³-hybridized carbons (Fsp3) is 0.650. The number of aliphatic carboxylic acids is 2.